The minimum absolute atomic E-state index is 0.406. The van der Waals surface area contributed by atoms with Crippen molar-refractivity contribution in [2.24, 2.45) is 0 Å². The van der Waals surface area contributed by atoms with E-state index in [4.69, 9.17) is 16.3 Å². The molecule has 2 rings (SSSR count). The van der Waals surface area contributed by atoms with Crippen molar-refractivity contribution < 1.29 is 4.74 Å². The quantitative estimate of drug-likeness (QED) is 0.859. The number of hydrogen-bond acceptors (Lipinski definition) is 3. The topological polar surface area (TPSA) is 21.3 Å². The number of methoxy groups -OCH3 is 1. The van der Waals surface area contributed by atoms with Gasteiger partial charge in [0.1, 0.15) is 5.75 Å². The second-order valence-corrected chi connectivity index (χ2v) is 5.82. The third-order valence-electron chi connectivity index (χ3n) is 3.17. The van der Waals surface area contributed by atoms with Crippen LogP contribution in [0.25, 0.3) is 10.4 Å². The molecule has 0 saturated carbocycles. The van der Waals surface area contributed by atoms with E-state index < -0.39 is 0 Å². The molecule has 2 nitrogen and oxygen atoms in total. The van der Waals surface area contributed by atoms with Gasteiger partial charge in [-0.3, -0.25) is 0 Å². The Labute approximate surface area is 123 Å². The Morgan fingerprint density at radius 1 is 1.32 bits per heavy atom. The van der Waals surface area contributed by atoms with Crippen molar-refractivity contribution in [3.05, 3.63) is 40.2 Å². The van der Waals surface area contributed by atoms with E-state index in [9.17, 15) is 0 Å². The van der Waals surface area contributed by atoms with Crippen molar-refractivity contribution >= 4 is 22.9 Å². The summed E-state index contributed by atoms with van der Waals surface area (Å²) in [6, 6.07) is 10.4. The summed E-state index contributed by atoms with van der Waals surface area (Å²) in [5.74, 6) is 0.829. The maximum Gasteiger partial charge on any atom is 0.119 e. The zero-order valence-electron chi connectivity index (χ0n) is 11.4. The second-order valence-electron chi connectivity index (χ2n) is 4.30. The first kappa shape index (κ1) is 14.4. The lowest BCUT2D eigenvalue weighted by atomic mass is 10.1. The Hall–Kier alpha value is -1.03. The number of rotatable bonds is 5. The predicted octanol–water partition coefficient (Wildman–Crippen LogP) is 4.75. The van der Waals surface area contributed by atoms with Crippen molar-refractivity contribution in [2.45, 2.75) is 19.4 Å². The predicted molar refractivity (Wildman–Crippen MR) is 83.4 cm³/mol. The van der Waals surface area contributed by atoms with E-state index in [1.807, 2.05) is 25.2 Å². The fourth-order valence-corrected chi connectivity index (χ4v) is 3.56. The number of nitrogens with one attached hydrogen (secondary N) is 1. The number of thiophene rings is 1. The van der Waals surface area contributed by atoms with Gasteiger partial charge >= 0.3 is 0 Å². The van der Waals surface area contributed by atoms with Crippen molar-refractivity contribution in [3.8, 4) is 16.2 Å². The number of halogens is 1. The Morgan fingerprint density at radius 3 is 2.74 bits per heavy atom. The third-order valence-corrected chi connectivity index (χ3v) is 4.73. The van der Waals surface area contributed by atoms with Crippen LogP contribution in [-0.4, -0.2) is 14.2 Å². The normalized spacial score (nSPS) is 12.4. The van der Waals surface area contributed by atoms with E-state index in [0.29, 0.717) is 6.04 Å². The molecular formula is C15H18ClNOS. The van der Waals surface area contributed by atoms with Crippen molar-refractivity contribution in [1.29, 1.82) is 0 Å². The fourth-order valence-electron chi connectivity index (χ4n) is 2.05. The van der Waals surface area contributed by atoms with Crippen LogP contribution in [0.5, 0.6) is 5.75 Å². The van der Waals surface area contributed by atoms with Crippen LogP contribution in [0.1, 0.15) is 24.3 Å². The minimum atomic E-state index is 0.406. The number of hydrogen-bond donors (Lipinski definition) is 1. The third kappa shape index (κ3) is 3.11. The zero-order chi connectivity index (χ0) is 13.8. The monoisotopic (exact) mass is 295 g/mol. The van der Waals surface area contributed by atoms with Gasteiger partial charge in [0.2, 0.25) is 0 Å². The SMILES string of the molecule is CCC(NC)c1ccc(-c2cc(OC)ccc2Cl)s1. The first-order chi connectivity index (χ1) is 9.19. The first-order valence-electron chi connectivity index (χ1n) is 6.30. The van der Waals surface area contributed by atoms with E-state index in [0.717, 1.165) is 22.8 Å². The summed E-state index contributed by atoms with van der Waals surface area (Å²) in [5.41, 5.74) is 1.03. The summed E-state index contributed by atoms with van der Waals surface area (Å²) >= 11 is 8.05. The summed E-state index contributed by atoms with van der Waals surface area (Å²) in [7, 11) is 3.66. The van der Waals surface area contributed by atoms with Gasteiger partial charge in [-0.25, -0.2) is 0 Å². The number of ether oxygens (including phenoxy) is 1. The molecule has 1 aromatic carbocycles. The Balaban J connectivity index is 2.37. The maximum absolute atomic E-state index is 6.28. The van der Waals surface area contributed by atoms with Crippen LogP contribution in [0.2, 0.25) is 5.02 Å². The molecule has 4 heteroatoms. The highest BCUT2D eigenvalue weighted by Crippen LogP contribution is 2.37. The van der Waals surface area contributed by atoms with Gasteiger partial charge in [0.15, 0.2) is 0 Å². The summed E-state index contributed by atoms with van der Waals surface area (Å²) in [6.45, 7) is 2.18. The molecular weight excluding hydrogens is 278 g/mol. The second kappa shape index (κ2) is 6.42. The highest BCUT2D eigenvalue weighted by molar-refractivity contribution is 7.15. The minimum Gasteiger partial charge on any atom is -0.497 e. The van der Waals surface area contributed by atoms with Crippen molar-refractivity contribution in [2.75, 3.05) is 14.2 Å². The largest absolute Gasteiger partial charge is 0.497 e. The van der Waals surface area contributed by atoms with Crippen LogP contribution in [0.4, 0.5) is 0 Å². The van der Waals surface area contributed by atoms with Crippen LogP contribution >= 0.6 is 22.9 Å². The summed E-state index contributed by atoms with van der Waals surface area (Å²) in [5, 5.41) is 4.08. The van der Waals surface area contributed by atoms with Crippen molar-refractivity contribution in [3.63, 3.8) is 0 Å². The molecule has 1 heterocycles. The van der Waals surface area contributed by atoms with E-state index in [1.54, 1.807) is 18.4 Å². The molecule has 0 amide bonds. The molecule has 2 aromatic rings. The van der Waals surface area contributed by atoms with Gasteiger partial charge in [-0.2, -0.15) is 0 Å². The van der Waals surface area contributed by atoms with Gasteiger partial charge in [-0.05, 0) is 43.8 Å². The Morgan fingerprint density at radius 2 is 2.11 bits per heavy atom. The lowest BCUT2D eigenvalue weighted by Gasteiger charge is -2.11. The lowest BCUT2D eigenvalue weighted by Crippen LogP contribution is -2.13. The van der Waals surface area contributed by atoms with Crippen LogP contribution in [0, 0.1) is 0 Å². The fraction of sp³-hybridized carbons (Fsp3) is 0.333. The molecule has 1 N–H and O–H groups in total. The molecule has 0 bridgehead atoms. The maximum atomic E-state index is 6.28. The van der Waals surface area contributed by atoms with Gasteiger partial charge in [-0.1, -0.05) is 18.5 Å². The average Bonchev–Trinajstić information content (AvgIpc) is 2.90. The molecule has 0 spiro atoms. The van der Waals surface area contributed by atoms with Gasteiger partial charge in [0, 0.05) is 26.4 Å². The molecule has 0 aliphatic carbocycles. The average molecular weight is 296 g/mol. The van der Waals surface area contributed by atoms with Crippen LogP contribution in [0.3, 0.4) is 0 Å². The molecule has 0 radical (unpaired) electrons. The van der Waals surface area contributed by atoms with E-state index in [-0.39, 0.29) is 0 Å². The lowest BCUT2D eigenvalue weighted by molar-refractivity contribution is 0.415. The van der Waals surface area contributed by atoms with E-state index >= 15 is 0 Å². The van der Waals surface area contributed by atoms with Crippen LogP contribution in [-0.2, 0) is 0 Å². The van der Waals surface area contributed by atoms with Gasteiger partial charge in [0.05, 0.1) is 7.11 Å². The molecule has 0 saturated heterocycles. The highest BCUT2D eigenvalue weighted by Gasteiger charge is 2.12. The van der Waals surface area contributed by atoms with Crippen LogP contribution in [0.15, 0.2) is 30.3 Å². The molecule has 0 aliphatic heterocycles. The van der Waals surface area contributed by atoms with Crippen LogP contribution < -0.4 is 10.1 Å². The Kier molecular flexibility index (Phi) is 4.86. The molecule has 1 unspecified atom stereocenters. The first-order valence-corrected chi connectivity index (χ1v) is 7.50. The van der Waals surface area contributed by atoms with E-state index in [2.05, 4.69) is 24.4 Å². The molecule has 19 heavy (non-hydrogen) atoms. The van der Waals surface area contributed by atoms with Crippen molar-refractivity contribution in [1.82, 2.24) is 5.32 Å². The van der Waals surface area contributed by atoms with E-state index in [1.165, 1.54) is 9.75 Å². The Bertz CT molecular complexity index is 549. The highest BCUT2D eigenvalue weighted by atomic mass is 35.5. The smallest absolute Gasteiger partial charge is 0.119 e. The van der Waals surface area contributed by atoms with Gasteiger partial charge in [0.25, 0.3) is 0 Å². The molecule has 1 aromatic heterocycles. The van der Waals surface area contributed by atoms with Gasteiger partial charge in [-0.15, -0.1) is 11.3 Å². The molecule has 1 atom stereocenters. The molecule has 102 valence electrons. The zero-order valence-corrected chi connectivity index (χ0v) is 12.9. The molecule has 0 aliphatic rings. The van der Waals surface area contributed by atoms with Gasteiger partial charge < -0.3 is 10.1 Å². The summed E-state index contributed by atoms with van der Waals surface area (Å²) < 4.78 is 5.26. The molecule has 0 fully saturated rings. The summed E-state index contributed by atoms with van der Waals surface area (Å²) in [6.07, 6.45) is 1.07. The summed E-state index contributed by atoms with van der Waals surface area (Å²) in [4.78, 5) is 2.51. The number of benzene rings is 1. The standard InChI is InChI=1S/C15H18ClNOS/c1-4-13(17-2)15-8-7-14(19-15)11-9-10(18-3)5-6-12(11)16/h5-9,13,17H,4H2,1-3H3.